The van der Waals surface area contributed by atoms with Gasteiger partial charge < -0.3 is 0 Å². The second kappa shape index (κ2) is 2.17. The number of hydrogen-bond acceptors (Lipinski definition) is 2. The topological polar surface area (TPSA) is 37.4 Å². The number of carbonyl (C=O) groups is 2. The van der Waals surface area contributed by atoms with Crippen LogP contribution in [-0.2, 0) is 9.59 Å². The molecule has 1 radical (unpaired) electrons. The summed E-state index contributed by atoms with van der Waals surface area (Å²) in [5, 5.41) is 0. The Hall–Kier alpha value is -0.860. The lowest BCUT2D eigenvalue weighted by molar-refractivity contribution is -0.143. The molecule has 0 unspecified atom stereocenters. The second-order valence-corrected chi connectivity index (χ2v) is 2.03. The van der Waals surface area contributed by atoms with Crippen LogP contribution in [0.1, 0.15) is 12.8 Å². The maximum atomic E-state index is 10.7. The van der Waals surface area contributed by atoms with E-state index in [1.54, 1.807) is 0 Å². The predicted molar refractivity (Wildman–Crippen MR) is 31.3 cm³/mol. The van der Waals surface area contributed by atoms with Gasteiger partial charge >= 0.3 is 0 Å². The first-order chi connectivity index (χ1) is 4.22. The maximum Gasteiger partial charge on any atom is 0.232 e. The highest BCUT2D eigenvalue weighted by atomic mass is 16.2. The van der Waals surface area contributed by atoms with Crippen LogP contribution in [0.15, 0.2) is 0 Å². The van der Waals surface area contributed by atoms with Crippen LogP contribution in [0.3, 0.4) is 0 Å². The molecular weight excluding hydrogens is 118 g/mol. The highest BCUT2D eigenvalue weighted by Crippen LogP contribution is 2.07. The fourth-order valence-corrected chi connectivity index (χ4v) is 0.747. The Balaban J connectivity index is 2.62. The maximum absolute atomic E-state index is 10.7. The van der Waals surface area contributed by atoms with Gasteiger partial charge in [-0.2, -0.15) is 0 Å². The number of amides is 2. The Morgan fingerprint density at radius 1 is 1.56 bits per heavy atom. The third kappa shape index (κ3) is 1.09. The number of likely N-dealkylation sites (tertiary alicyclic amines) is 1. The van der Waals surface area contributed by atoms with Gasteiger partial charge in [0.1, 0.15) is 0 Å². The van der Waals surface area contributed by atoms with Crippen molar-refractivity contribution < 1.29 is 9.59 Å². The summed E-state index contributed by atoms with van der Waals surface area (Å²) in [6.45, 7) is 0. The van der Waals surface area contributed by atoms with Gasteiger partial charge in [-0.05, 0) is 6.42 Å². The smallest absolute Gasteiger partial charge is 0.232 e. The predicted octanol–water partition coefficient (Wildman–Crippen LogP) is -0.0305. The SMILES string of the molecule is CN1C(=O)[CH]CCC1=O. The van der Waals surface area contributed by atoms with Gasteiger partial charge in [-0.1, -0.05) is 0 Å². The molecule has 0 aliphatic carbocycles. The van der Waals surface area contributed by atoms with Gasteiger partial charge in [0.05, 0.1) is 6.42 Å². The molecule has 0 atom stereocenters. The van der Waals surface area contributed by atoms with E-state index < -0.39 is 0 Å². The molecule has 0 spiro atoms. The molecule has 1 heterocycles. The van der Waals surface area contributed by atoms with Crippen molar-refractivity contribution in [2.75, 3.05) is 7.05 Å². The Labute approximate surface area is 53.6 Å². The summed E-state index contributed by atoms with van der Waals surface area (Å²) in [6, 6.07) is 0. The third-order valence-corrected chi connectivity index (χ3v) is 1.38. The number of imide groups is 1. The molecular formula is C6H8NO2. The molecule has 0 aromatic heterocycles. The molecule has 1 fully saturated rings. The zero-order chi connectivity index (χ0) is 6.85. The fraction of sp³-hybridized carbons (Fsp3) is 0.500. The Bertz CT molecular complexity index is 137. The molecule has 0 aromatic rings. The minimum absolute atomic E-state index is 0.0810. The zero-order valence-corrected chi connectivity index (χ0v) is 5.26. The van der Waals surface area contributed by atoms with Crippen molar-refractivity contribution in [1.82, 2.24) is 4.90 Å². The highest BCUT2D eigenvalue weighted by Gasteiger charge is 2.21. The number of hydrogen-bond donors (Lipinski definition) is 0. The molecule has 2 amide bonds. The lowest BCUT2D eigenvalue weighted by atomic mass is 10.1. The summed E-state index contributed by atoms with van der Waals surface area (Å²) < 4.78 is 0. The lowest BCUT2D eigenvalue weighted by Gasteiger charge is -2.18. The first kappa shape index (κ1) is 6.26. The molecule has 3 heteroatoms. The molecule has 1 saturated heterocycles. The van der Waals surface area contributed by atoms with E-state index in [0.717, 1.165) is 4.90 Å². The van der Waals surface area contributed by atoms with Crippen LogP contribution >= 0.6 is 0 Å². The first-order valence-electron chi connectivity index (χ1n) is 2.85. The third-order valence-electron chi connectivity index (χ3n) is 1.38. The van der Waals surface area contributed by atoms with E-state index in [1.165, 1.54) is 13.5 Å². The standard InChI is InChI=1S/C6H8NO2/c1-7-5(8)3-2-4-6(7)9/h3H,2,4H2,1H3. The second-order valence-electron chi connectivity index (χ2n) is 2.03. The highest BCUT2D eigenvalue weighted by molar-refractivity contribution is 6.01. The van der Waals surface area contributed by atoms with E-state index in [-0.39, 0.29) is 11.8 Å². The molecule has 0 N–H and O–H groups in total. The fourth-order valence-electron chi connectivity index (χ4n) is 0.747. The van der Waals surface area contributed by atoms with Crippen LogP contribution in [0.25, 0.3) is 0 Å². The molecule has 1 aliphatic rings. The van der Waals surface area contributed by atoms with Crippen LogP contribution in [0, 0.1) is 6.42 Å². The van der Waals surface area contributed by atoms with Crippen LogP contribution < -0.4 is 0 Å². The average molecular weight is 126 g/mol. The molecule has 1 rings (SSSR count). The van der Waals surface area contributed by atoms with Crippen molar-refractivity contribution in [2.45, 2.75) is 12.8 Å². The summed E-state index contributed by atoms with van der Waals surface area (Å²) in [7, 11) is 1.50. The van der Waals surface area contributed by atoms with Crippen molar-refractivity contribution in [2.24, 2.45) is 0 Å². The average Bonchev–Trinajstić information content (AvgIpc) is 1.83. The molecule has 0 aromatic carbocycles. The summed E-state index contributed by atoms with van der Waals surface area (Å²) in [5.74, 6) is -0.256. The van der Waals surface area contributed by atoms with Gasteiger partial charge in [0.25, 0.3) is 0 Å². The molecule has 9 heavy (non-hydrogen) atoms. The van der Waals surface area contributed by atoms with E-state index in [2.05, 4.69) is 0 Å². The van der Waals surface area contributed by atoms with Gasteiger partial charge in [0.2, 0.25) is 11.8 Å². The molecule has 49 valence electrons. The summed E-state index contributed by atoms with van der Waals surface area (Å²) in [5.41, 5.74) is 0. The Morgan fingerprint density at radius 2 is 2.22 bits per heavy atom. The molecule has 3 nitrogen and oxygen atoms in total. The van der Waals surface area contributed by atoms with Crippen molar-refractivity contribution in [3.05, 3.63) is 6.42 Å². The number of nitrogens with zero attached hydrogens (tertiary/aromatic N) is 1. The monoisotopic (exact) mass is 126 g/mol. The normalized spacial score (nSPS) is 20.8. The van der Waals surface area contributed by atoms with Crippen LogP contribution in [0.2, 0.25) is 0 Å². The van der Waals surface area contributed by atoms with E-state index >= 15 is 0 Å². The molecule has 1 aliphatic heterocycles. The minimum atomic E-state index is -0.175. The summed E-state index contributed by atoms with van der Waals surface area (Å²) >= 11 is 0. The van der Waals surface area contributed by atoms with Crippen molar-refractivity contribution in [3.63, 3.8) is 0 Å². The zero-order valence-electron chi connectivity index (χ0n) is 5.26. The molecule has 0 saturated carbocycles. The number of rotatable bonds is 0. The van der Waals surface area contributed by atoms with Gasteiger partial charge in [0, 0.05) is 13.5 Å². The number of piperidine rings is 1. The van der Waals surface area contributed by atoms with Gasteiger partial charge in [0.15, 0.2) is 0 Å². The van der Waals surface area contributed by atoms with E-state index in [0.29, 0.717) is 12.8 Å². The van der Waals surface area contributed by atoms with Crippen LogP contribution in [0.5, 0.6) is 0 Å². The minimum Gasteiger partial charge on any atom is -0.286 e. The van der Waals surface area contributed by atoms with E-state index in [1.807, 2.05) is 0 Å². The van der Waals surface area contributed by atoms with Gasteiger partial charge in [-0.3, -0.25) is 14.5 Å². The number of carbonyl (C=O) groups excluding carboxylic acids is 2. The Kier molecular flexibility index (Phi) is 1.51. The summed E-state index contributed by atoms with van der Waals surface area (Å²) in [4.78, 5) is 22.5. The molecule has 0 bridgehead atoms. The van der Waals surface area contributed by atoms with E-state index in [4.69, 9.17) is 0 Å². The van der Waals surface area contributed by atoms with Crippen LogP contribution in [-0.4, -0.2) is 23.8 Å². The van der Waals surface area contributed by atoms with E-state index in [9.17, 15) is 9.59 Å². The van der Waals surface area contributed by atoms with Crippen LogP contribution in [0.4, 0.5) is 0 Å². The first-order valence-corrected chi connectivity index (χ1v) is 2.85. The van der Waals surface area contributed by atoms with Crippen molar-refractivity contribution >= 4 is 11.8 Å². The Morgan fingerprint density at radius 3 is 2.67 bits per heavy atom. The summed E-state index contributed by atoms with van der Waals surface area (Å²) in [6.07, 6.45) is 2.60. The largest absolute Gasteiger partial charge is 0.286 e. The van der Waals surface area contributed by atoms with Gasteiger partial charge in [-0.15, -0.1) is 0 Å². The quantitative estimate of drug-likeness (QED) is 0.427. The van der Waals surface area contributed by atoms with Crippen molar-refractivity contribution in [1.29, 1.82) is 0 Å². The van der Waals surface area contributed by atoms with Crippen molar-refractivity contribution in [3.8, 4) is 0 Å². The lowest BCUT2D eigenvalue weighted by Crippen LogP contribution is -2.36. The van der Waals surface area contributed by atoms with Gasteiger partial charge in [-0.25, -0.2) is 0 Å².